The summed E-state index contributed by atoms with van der Waals surface area (Å²) in [6, 6.07) is 0. The van der Waals surface area contributed by atoms with Crippen LogP contribution in [-0.4, -0.2) is 59.7 Å². The quantitative estimate of drug-likeness (QED) is 0.388. The molecule has 1 aliphatic rings. The number of carbonyl (C=O) groups is 1. The van der Waals surface area contributed by atoms with Gasteiger partial charge in [0.05, 0.1) is 13.7 Å². The van der Waals surface area contributed by atoms with Crippen LogP contribution in [0.3, 0.4) is 0 Å². The number of nitrogens with one attached hydrogen (secondary N) is 1. The molecule has 7 nitrogen and oxygen atoms in total. The van der Waals surface area contributed by atoms with Gasteiger partial charge in [0.1, 0.15) is 18.3 Å². The molecule has 1 rings (SSSR count). The molecule has 7 heteroatoms. The van der Waals surface area contributed by atoms with Gasteiger partial charge in [-0.05, 0) is 0 Å². The Labute approximate surface area is 80.2 Å². The van der Waals surface area contributed by atoms with Crippen molar-refractivity contribution in [1.29, 1.82) is 0 Å². The molecule has 0 aromatic rings. The van der Waals surface area contributed by atoms with E-state index in [1.54, 1.807) is 0 Å². The molecule has 1 fully saturated rings. The normalized spacial score (nSPS) is 37.7. The molecule has 1 heterocycles. The number of amides is 1. The number of alkyl carbamates (subject to hydrolysis) is 1. The molecule has 1 saturated heterocycles. The van der Waals surface area contributed by atoms with E-state index in [0.29, 0.717) is 0 Å². The van der Waals surface area contributed by atoms with Crippen LogP contribution in [0.5, 0.6) is 0 Å². The van der Waals surface area contributed by atoms with Crippen molar-refractivity contribution < 1.29 is 29.6 Å². The molecule has 0 aromatic heterocycles. The average molecular weight is 207 g/mol. The van der Waals surface area contributed by atoms with Gasteiger partial charge in [0, 0.05) is 0 Å². The minimum atomic E-state index is -1.38. The summed E-state index contributed by atoms with van der Waals surface area (Å²) in [4.78, 5) is 10.7. The zero-order valence-corrected chi connectivity index (χ0v) is 7.58. The summed E-state index contributed by atoms with van der Waals surface area (Å²) in [5, 5.41) is 29.8. The van der Waals surface area contributed by atoms with Crippen molar-refractivity contribution in [2.45, 2.75) is 24.5 Å². The van der Waals surface area contributed by atoms with E-state index in [2.05, 4.69) is 10.1 Å². The van der Waals surface area contributed by atoms with Gasteiger partial charge in [0.15, 0.2) is 6.23 Å². The zero-order chi connectivity index (χ0) is 10.7. The summed E-state index contributed by atoms with van der Waals surface area (Å²) in [5.41, 5.74) is 0. The number of aliphatic hydroxyl groups excluding tert-OH is 3. The first-order valence-electron chi connectivity index (χ1n) is 4.06. The second-order valence-corrected chi connectivity index (χ2v) is 2.94. The molecule has 0 radical (unpaired) electrons. The van der Waals surface area contributed by atoms with Gasteiger partial charge in [0.25, 0.3) is 0 Å². The molecule has 0 spiro atoms. The summed E-state index contributed by atoms with van der Waals surface area (Å²) in [7, 11) is 1.16. The maximum Gasteiger partial charge on any atom is 0.408 e. The molecular formula is C7H13NO6. The van der Waals surface area contributed by atoms with E-state index in [-0.39, 0.29) is 6.61 Å². The Morgan fingerprint density at radius 3 is 2.64 bits per heavy atom. The number of rotatable bonds is 1. The van der Waals surface area contributed by atoms with E-state index < -0.39 is 30.6 Å². The van der Waals surface area contributed by atoms with Crippen LogP contribution in [-0.2, 0) is 9.47 Å². The lowest BCUT2D eigenvalue weighted by Crippen LogP contribution is -2.58. The van der Waals surface area contributed by atoms with Crippen LogP contribution in [0.1, 0.15) is 0 Å². The van der Waals surface area contributed by atoms with Crippen LogP contribution >= 0.6 is 0 Å². The maximum absolute atomic E-state index is 10.7. The van der Waals surface area contributed by atoms with E-state index >= 15 is 0 Å². The lowest BCUT2D eigenvalue weighted by Gasteiger charge is -2.34. The van der Waals surface area contributed by atoms with Gasteiger partial charge in [-0.25, -0.2) is 4.79 Å². The lowest BCUT2D eigenvalue weighted by molar-refractivity contribution is -0.192. The highest BCUT2D eigenvalue weighted by Gasteiger charge is 2.38. The summed E-state index contributed by atoms with van der Waals surface area (Å²) in [6.07, 6.45) is -5.72. The topological polar surface area (TPSA) is 108 Å². The fraction of sp³-hybridized carbons (Fsp3) is 0.857. The predicted molar refractivity (Wildman–Crippen MR) is 43.3 cm³/mol. The molecule has 1 aliphatic heterocycles. The third-order valence-corrected chi connectivity index (χ3v) is 1.95. The monoisotopic (exact) mass is 207 g/mol. The maximum atomic E-state index is 10.7. The molecule has 0 aromatic carbocycles. The van der Waals surface area contributed by atoms with Crippen molar-refractivity contribution in [2.75, 3.05) is 13.7 Å². The number of carbonyl (C=O) groups excluding carboxylic acids is 1. The molecule has 0 unspecified atom stereocenters. The SMILES string of the molecule is COC(=O)N[C@@H]1OC[C@@H](O)[C@@H](O)[C@H]1O. The van der Waals surface area contributed by atoms with Crippen LogP contribution < -0.4 is 5.32 Å². The zero-order valence-electron chi connectivity index (χ0n) is 7.58. The third kappa shape index (κ3) is 2.32. The molecule has 0 aliphatic carbocycles. The third-order valence-electron chi connectivity index (χ3n) is 1.95. The molecule has 82 valence electrons. The smallest absolute Gasteiger partial charge is 0.408 e. The second-order valence-electron chi connectivity index (χ2n) is 2.94. The largest absolute Gasteiger partial charge is 0.453 e. The van der Waals surface area contributed by atoms with E-state index in [0.717, 1.165) is 7.11 Å². The van der Waals surface area contributed by atoms with Crippen molar-refractivity contribution >= 4 is 6.09 Å². The first-order valence-corrected chi connectivity index (χ1v) is 4.06. The molecule has 0 bridgehead atoms. The Balaban J connectivity index is 2.50. The minimum absolute atomic E-state index is 0.160. The van der Waals surface area contributed by atoms with E-state index in [1.807, 2.05) is 0 Å². The predicted octanol–water partition coefficient (Wildman–Crippen LogP) is -2.22. The van der Waals surface area contributed by atoms with Crippen molar-refractivity contribution in [3.8, 4) is 0 Å². The Morgan fingerprint density at radius 1 is 1.43 bits per heavy atom. The number of ether oxygens (including phenoxy) is 2. The highest BCUT2D eigenvalue weighted by molar-refractivity contribution is 5.67. The number of methoxy groups -OCH3 is 1. The molecule has 4 N–H and O–H groups in total. The van der Waals surface area contributed by atoms with Crippen molar-refractivity contribution in [1.82, 2.24) is 5.32 Å². The molecule has 14 heavy (non-hydrogen) atoms. The van der Waals surface area contributed by atoms with Gasteiger partial charge >= 0.3 is 6.09 Å². The summed E-state index contributed by atoms with van der Waals surface area (Å²) in [6.45, 7) is -0.160. The van der Waals surface area contributed by atoms with Crippen LogP contribution in [0.25, 0.3) is 0 Å². The van der Waals surface area contributed by atoms with E-state index in [1.165, 1.54) is 0 Å². The van der Waals surface area contributed by atoms with Crippen molar-refractivity contribution in [3.05, 3.63) is 0 Å². The molecule has 4 atom stereocenters. The van der Waals surface area contributed by atoms with Crippen LogP contribution in [0.4, 0.5) is 4.79 Å². The molecular weight excluding hydrogens is 194 g/mol. The number of aliphatic hydroxyl groups is 3. The molecule has 1 amide bonds. The lowest BCUT2D eigenvalue weighted by atomic mass is 10.0. The van der Waals surface area contributed by atoms with Crippen LogP contribution in [0.15, 0.2) is 0 Å². The average Bonchev–Trinajstić information content (AvgIpc) is 2.19. The number of hydrogen-bond donors (Lipinski definition) is 4. The van der Waals surface area contributed by atoms with Gasteiger partial charge in [-0.1, -0.05) is 0 Å². The van der Waals surface area contributed by atoms with Crippen LogP contribution in [0.2, 0.25) is 0 Å². The minimum Gasteiger partial charge on any atom is -0.453 e. The summed E-state index contributed by atoms with van der Waals surface area (Å²) >= 11 is 0. The van der Waals surface area contributed by atoms with Gasteiger partial charge in [0.2, 0.25) is 0 Å². The van der Waals surface area contributed by atoms with Crippen LogP contribution in [0, 0.1) is 0 Å². The van der Waals surface area contributed by atoms with Crippen molar-refractivity contribution in [3.63, 3.8) is 0 Å². The second kappa shape index (κ2) is 4.56. The highest BCUT2D eigenvalue weighted by atomic mass is 16.6. The van der Waals surface area contributed by atoms with E-state index in [9.17, 15) is 15.0 Å². The Kier molecular flexibility index (Phi) is 3.64. The standard InChI is InChI=1S/C7H13NO6/c1-13-7(12)8-6-5(11)4(10)3(9)2-14-6/h3-6,9-11H,2H2,1H3,(H,8,12)/t3-,4-,5-,6-/m1/s1. The Morgan fingerprint density at radius 2 is 2.07 bits per heavy atom. The Bertz CT molecular complexity index is 210. The first kappa shape index (κ1) is 11.2. The molecule has 0 saturated carbocycles. The van der Waals surface area contributed by atoms with Crippen molar-refractivity contribution in [2.24, 2.45) is 0 Å². The van der Waals surface area contributed by atoms with Gasteiger partial charge in [-0.2, -0.15) is 0 Å². The van der Waals surface area contributed by atoms with Gasteiger partial charge in [-0.15, -0.1) is 0 Å². The van der Waals surface area contributed by atoms with Gasteiger partial charge < -0.3 is 24.8 Å². The van der Waals surface area contributed by atoms with E-state index in [4.69, 9.17) is 9.84 Å². The highest BCUT2D eigenvalue weighted by Crippen LogP contribution is 2.13. The fourth-order valence-corrected chi connectivity index (χ4v) is 1.11. The number of hydrogen-bond acceptors (Lipinski definition) is 6. The summed E-state index contributed by atoms with van der Waals surface area (Å²) in [5.74, 6) is 0. The summed E-state index contributed by atoms with van der Waals surface area (Å²) < 4.78 is 9.15. The fourth-order valence-electron chi connectivity index (χ4n) is 1.11. The first-order chi connectivity index (χ1) is 6.56. The Hall–Kier alpha value is -0.890. The van der Waals surface area contributed by atoms with Gasteiger partial charge in [-0.3, -0.25) is 5.32 Å².